The van der Waals surface area contributed by atoms with E-state index >= 15 is 0 Å². The Morgan fingerprint density at radius 1 is 1.71 bits per heavy atom. The number of hydrogen-bond donors (Lipinski definition) is 2. The van der Waals surface area contributed by atoms with Gasteiger partial charge in [0, 0.05) is 6.20 Å². The van der Waals surface area contributed by atoms with Crippen LogP contribution in [0, 0.1) is 5.92 Å². The second kappa shape index (κ2) is 3.37. The summed E-state index contributed by atoms with van der Waals surface area (Å²) in [7, 11) is 0. The summed E-state index contributed by atoms with van der Waals surface area (Å²) < 4.78 is 0. The molecule has 3 nitrogen and oxygen atoms in total. The number of aromatic nitrogens is 1. The summed E-state index contributed by atoms with van der Waals surface area (Å²) in [5, 5.41) is 10.8. The summed E-state index contributed by atoms with van der Waals surface area (Å²) >= 11 is 1.36. The highest BCUT2D eigenvalue weighted by Crippen LogP contribution is 2.37. The van der Waals surface area contributed by atoms with Crippen LogP contribution in [0.3, 0.4) is 0 Å². The van der Waals surface area contributed by atoms with Crippen LogP contribution < -0.4 is 5.73 Å². The maximum Gasteiger partial charge on any atom is 0.180 e. The Morgan fingerprint density at radius 2 is 2.50 bits per heavy atom. The average Bonchev–Trinajstić information content (AvgIpc) is 2.58. The number of hydrogen-bond acceptors (Lipinski definition) is 4. The molecule has 1 aromatic heterocycles. The van der Waals surface area contributed by atoms with Gasteiger partial charge in [-0.15, -0.1) is 0 Å². The van der Waals surface area contributed by atoms with Crippen molar-refractivity contribution in [3.8, 4) is 0 Å². The molecule has 0 fully saturated rings. The molecule has 0 aliphatic heterocycles. The topological polar surface area (TPSA) is 59.1 Å². The Hall–Kier alpha value is -0.870. The molecule has 3 N–H and O–H groups in total. The van der Waals surface area contributed by atoms with Crippen molar-refractivity contribution in [1.82, 2.24) is 4.98 Å². The lowest BCUT2D eigenvalue weighted by Crippen LogP contribution is -2.25. The van der Waals surface area contributed by atoms with E-state index < -0.39 is 5.60 Å². The summed E-state index contributed by atoms with van der Waals surface area (Å²) in [6.07, 6.45) is 7.35. The van der Waals surface area contributed by atoms with Crippen molar-refractivity contribution >= 4 is 16.5 Å². The lowest BCUT2D eigenvalue weighted by Gasteiger charge is -2.28. The van der Waals surface area contributed by atoms with Crippen LogP contribution in [-0.4, -0.2) is 10.1 Å². The van der Waals surface area contributed by atoms with E-state index in [0.717, 1.165) is 17.7 Å². The van der Waals surface area contributed by atoms with Gasteiger partial charge in [-0.1, -0.05) is 30.4 Å². The maximum atomic E-state index is 10.3. The quantitative estimate of drug-likeness (QED) is 0.696. The van der Waals surface area contributed by atoms with Crippen LogP contribution in [-0.2, 0) is 5.60 Å². The molecule has 0 amide bonds. The molecule has 2 unspecified atom stereocenters. The van der Waals surface area contributed by atoms with Crippen molar-refractivity contribution in [2.24, 2.45) is 5.92 Å². The highest BCUT2D eigenvalue weighted by atomic mass is 32.1. The third kappa shape index (κ3) is 1.67. The fraction of sp³-hybridized carbons (Fsp3) is 0.500. The number of aliphatic hydroxyl groups is 1. The average molecular weight is 210 g/mol. The maximum absolute atomic E-state index is 10.3. The summed E-state index contributed by atoms with van der Waals surface area (Å²) in [4.78, 5) is 4.80. The molecular formula is C10H14N2OS. The van der Waals surface area contributed by atoms with E-state index in [0.29, 0.717) is 11.0 Å². The van der Waals surface area contributed by atoms with Gasteiger partial charge in [0.15, 0.2) is 5.13 Å². The highest BCUT2D eigenvalue weighted by molar-refractivity contribution is 7.15. The molecule has 2 atom stereocenters. The van der Waals surface area contributed by atoms with Crippen molar-refractivity contribution in [2.75, 3.05) is 5.73 Å². The van der Waals surface area contributed by atoms with Crippen molar-refractivity contribution in [1.29, 1.82) is 0 Å². The van der Waals surface area contributed by atoms with Crippen LogP contribution in [0.15, 0.2) is 18.3 Å². The summed E-state index contributed by atoms with van der Waals surface area (Å²) in [6, 6.07) is 0. The van der Waals surface area contributed by atoms with E-state index in [1.54, 1.807) is 6.20 Å². The molecule has 1 aromatic rings. The first-order valence-corrected chi connectivity index (χ1v) is 5.55. The Bertz CT molecular complexity index is 361. The van der Waals surface area contributed by atoms with E-state index in [-0.39, 0.29) is 0 Å². The van der Waals surface area contributed by atoms with E-state index in [2.05, 4.69) is 18.0 Å². The van der Waals surface area contributed by atoms with Gasteiger partial charge in [-0.2, -0.15) is 0 Å². The summed E-state index contributed by atoms with van der Waals surface area (Å²) in [6.45, 7) is 2.15. The Kier molecular flexibility index (Phi) is 2.33. The molecule has 1 heterocycles. The molecule has 1 aliphatic carbocycles. The molecule has 0 aromatic carbocycles. The first-order chi connectivity index (χ1) is 6.60. The van der Waals surface area contributed by atoms with Gasteiger partial charge in [0.05, 0.1) is 4.88 Å². The summed E-state index contributed by atoms with van der Waals surface area (Å²) in [5.41, 5.74) is 4.71. The number of nitrogens with zero attached hydrogens (tertiary/aromatic N) is 1. The first-order valence-electron chi connectivity index (χ1n) is 4.74. The van der Waals surface area contributed by atoms with Crippen LogP contribution in [0.1, 0.15) is 24.6 Å². The van der Waals surface area contributed by atoms with Crippen molar-refractivity contribution in [3.63, 3.8) is 0 Å². The van der Waals surface area contributed by atoms with Crippen molar-refractivity contribution < 1.29 is 5.11 Å². The Labute approximate surface area is 87.3 Å². The number of rotatable bonds is 1. The fourth-order valence-electron chi connectivity index (χ4n) is 1.64. The molecule has 2 rings (SSSR count). The second-order valence-electron chi connectivity index (χ2n) is 3.86. The SMILES string of the molecule is CC1C=CC(O)(c2cnc(N)s2)CC1. The molecule has 0 saturated carbocycles. The first kappa shape index (κ1) is 9.68. The third-order valence-corrected chi connectivity index (χ3v) is 3.62. The second-order valence-corrected chi connectivity index (χ2v) is 4.92. The Morgan fingerprint density at radius 3 is 3.00 bits per heavy atom. The minimum Gasteiger partial charge on any atom is -0.380 e. The van der Waals surface area contributed by atoms with Gasteiger partial charge in [0.2, 0.25) is 0 Å². The van der Waals surface area contributed by atoms with Crippen LogP contribution >= 0.6 is 11.3 Å². The lowest BCUT2D eigenvalue weighted by molar-refractivity contribution is 0.0708. The number of nitrogens with two attached hydrogens (primary N) is 1. The van der Waals surface area contributed by atoms with Crippen molar-refractivity contribution in [2.45, 2.75) is 25.4 Å². The largest absolute Gasteiger partial charge is 0.380 e. The van der Waals surface area contributed by atoms with Crippen LogP contribution in [0.25, 0.3) is 0 Å². The minimum atomic E-state index is -0.832. The molecule has 0 bridgehead atoms. The standard InChI is InChI=1S/C10H14N2OS/c1-7-2-4-10(13,5-3-7)8-6-12-9(11)14-8/h2,4,6-7,13H,3,5H2,1H3,(H2,11,12). The molecular weight excluding hydrogens is 196 g/mol. The van der Waals surface area contributed by atoms with E-state index in [1.165, 1.54) is 11.3 Å². The predicted octanol–water partition coefficient (Wildman–Crippen LogP) is 1.90. The van der Waals surface area contributed by atoms with Gasteiger partial charge >= 0.3 is 0 Å². The monoisotopic (exact) mass is 210 g/mol. The van der Waals surface area contributed by atoms with E-state index in [4.69, 9.17) is 5.73 Å². The molecule has 76 valence electrons. The molecule has 14 heavy (non-hydrogen) atoms. The molecule has 0 spiro atoms. The van der Waals surface area contributed by atoms with E-state index in [1.807, 2.05) is 6.08 Å². The highest BCUT2D eigenvalue weighted by Gasteiger charge is 2.31. The van der Waals surface area contributed by atoms with Crippen LogP contribution in [0.2, 0.25) is 0 Å². The zero-order valence-corrected chi connectivity index (χ0v) is 8.92. The zero-order chi connectivity index (χ0) is 10.2. The Balaban J connectivity index is 2.29. The fourth-order valence-corrected chi connectivity index (χ4v) is 2.43. The summed E-state index contributed by atoms with van der Waals surface area (Å²) in [5.74, 6) is 0.556. The molecule has 1 aliphatic rings. The molecule has 0 radical (unpaired) electrons. The smallest absolute Gasteiger partial charge is 0.180 e. The number of anilines is 1. The van der Waals surface area contributed by atoms with Crippen LogP contribution in [0.5, 0.6) is 0 Å². The van der Waals surface area contributed by atoms with Gasteiger partial charge in [-0.25, -0.2) is 4.98 Å². The zero-order valence-electron chi connectivity index (χ0n) is 8.10. The predicted molar refractivity (Wildman–Crippen MR) is 58.0 cm³/mol. The van der Waals surface area contributed by atoms with Gasteiger partial charge in [-0.3, -0.25) is 0 Å². The van der Waals surface area contributed by atoms with Crippen LogP contribution in [0.4, 0.5) is 5.13 Å². The van der Waals surface area contributed by atoms with Gasteiger partial charge in [0.25, 0.3) is 0 Å². The number of allylic oxidation sites excluding steroid dienone is 1. The number of nitrogen functional groups attached to an aromatic ring is 1. The lowest BCUT2D eigenvalue weighted by atomic mass is 9.85. The van der Waals surface area contributed by atoms with Crippen molar-refractivity contribution in [3.05, 3.63) is 23.2 Å². The molecule has 0 saturated heterocycles. The number of thiazole rings is 1. The van der Waals surface area contributed by atoms with E-state index in [9.17, 15) is 5.11 Å². The van der Waals surface area contributed by atoms with Gasteiger partial charge in [0.1, 0.15) is 5.60 Å². The molecule has 4 heteroatoms. The van der Waals surface area contributed by atoms with Gasteiger partial charge in [-0.05, 0) is 18.8 Å². The minimum absolute atomic E-state index is 0.514. The third-order valence-electron chi connectivity index (χ3n) is 2.63. The van der Waals surface area contributed by atoms with Gasteiger partial charge < -0.3 is 10.8 Å². The normalized spacial score (nSPS) is 32.0.